The number of hydrogen-bond donors (Lipinski definition) is 2. The van der Waals surface area contributed by atoms with E-state index < -0.39 is 6.09 Å². The monoisotopic (exact) mass is 461 g/mol. The second-order valence-electron chi connectivity index (χ2n) is 8.75. The summed E-state index contributed by atoms with van der Waals surface area (Å²) in [5, 5.41) is 6.21. The summed E-state index contributed by atoms with van der Waals surface area (Å²) in [6, 6.07) is 11.2. The Balaban J connectivity index is 1.05. The van der Waals surface area contributed by atoms with Crippen LogP contribution >= 0.6 is 0 Å². The molecule has 10 heteroatoms. The van der Waals surface area contributed by atoms with Gasteiger partial charge < -0.3 is 24.7 Å². The van der Waals surface area contributed by atoms with Crippen LogP contribution in [-0.2, 0) is 16.1 Å². The fraction of sp³-hybridized carbons (Fsp3) is 0.333. The molecule has 0 aliphatic carbocycles. The molecule has 6 rings (SSSR count). The quantitative estimate of drug-likeness (QED) is 0.538. The average Bonchev–Trinajstić information content (AvgIpc) is 3.40. The maximum Gasteiger partial charge on any atom is 0.414 e. The van der Waals surface area contributed by atoms with Crippen LogP contribution < -0.4 is 25.8 Å². The number of aromatic nitrogens is 2. The molecule has 2 amide bonds. The third-order valence-corrected chi connectivity index (χ3v) is 6.55. The molecule has 34 heavy (non-hydrogen) atoms. The molecule has 1 aromatic heterocycles. The highest BCUT2D eigenvalue weighted by molar-refractivity contribution is 5.97. The molecule has 3 aromatic rings. The Bertz CT molecular complexity index is 1370. The highest BCUT2D eigenvalue weighted by Gasteiger charge is 2.33. The summed E-state index contributed by atoms with van der Waals surface area (Å²) in [5.41, 5.74) is 4.03. The van der Waals surface area contributed by atoms with Gasteiger partial charge in [-0.3, -0.25) is 14.5 Å². The minimum absolute atomic E-state index is 0.0110. The molecule has 174 valence electrons. The number of cyclic esters (lactones) is 1. The molecule has 0 radical (unpaired) electrons. The zero-order chi connectivity index (χ0) is 23.2. The number of carbonyl (C=O) groups excluding carboxylic acids is 2. The van der Waals surface area contributed by atoms with Gasteiger partial charge in [-0.1, -0.05) is 12.1 Å². The number of amides is 2. The van der Waals surface area contributed by atoms with Gasteiger partial charge in [0.2, 0.25) is 0 Å². The number of benzene rings is 2. The zero-order valence-electron chi connectivity index (χ0n) is 18.3. The van der Waals surface area contributed by atoms with Crippen LogP contribution in [0.2, 0.25) is 0 Å². The first-order valence-electron chi connectivity index (χ1n) is 11.3. The van der Waals surface area contributed by atoms with Crippen molar-refractivity contribution in [3.05, 3.63) is 58.5 Å². The minimum Gasteiger partial charge on any atom is -0.482 e. The van der Waals surface area contributed by atoms with E-state index in [2.05, 4.69) is 21.7 Å². The van der Waals surface area contributed by atoms with Gasteiger partial charge in [0.25, 0.3) is 11.5 Å². The Morgan fingerprint density at radius 3 is 2.97 bits per heavy atom. The Morgan fingerprint density at radius 2 is 2.06 bits per heavy atom. The standard InChI is InChI=1S/C24H23N5O5/c30-21-13-33-20-5-4-15(8-19(20)27-21)28-12-16(34-24(28)32)6-7-25-9-14-11-29-22(31)10-26-18-3-1-2-17(14)23(18)29/h1-5,8,10,14,16,25H,6-7,9,11-13H2,(H,27,30)/t14-,16+/m1/s1. The van der Waals surface area contributed by atoms with E-state index in [0.29, 0.717) is 43.2 Å². The van der Waals surface area contributed by atoms with Crippen molar-refractivity contribution in [1.82, 2.24) is 14.9 Å². The third kappa shape index (κ3) is 3.56. The van der Waals surface area contributed by atoms with E-state index in [1.54, 1.807) is 27.7 Å². The first kappa shape index (κ1) is 20.7. The molecule has 0 spiro atoms. The highest BCUT2D eigenvalue weighted by atomic mass is 16.6. The van der Waals surface area contributed by atoms with Crippen LogP contribution in [0.4, 0.5) is 16.2 Å². The zero-order valence-corrected chi connectivity index (χ0v) is 18.3. The second kappa shape index (κ2) is 8.14. The lowest BCUT2D eigenvalue weighted by molar-refractivity contribution is -0.118. The van der Waals surface area contributed by atoms with Crippen molar-refractivity contribution in [2.24, 2.45) is 0 Å². The minimum atomic E-state index is -0.405. The van der Waals surface area contributed by atoms with Gasteiger partial charge in [0.1, 0.15) is 11.9 Å². The Hall–Kier alpha value is -3.92. The van der Waals surface area contributed by atoms with Gasteiger partial charge in [0.15, 0.2) is 6.61 Å². The molecular formula is C24H23N5O5. The average molecular weight is 461 g/mol. The normalized spacial score (nSPS) is 20.8. The molecule has 2 aromatic carbocycles. The van der Waals surface area contributed by atoms with Gasteiger partial charge in [-0.05, 0) is 42.8 Å². The predicted molar refractivity (Wildman–Crippen MR) is 124 cm³/mol. The van der Waals surface area contributed by atoms with Crippen LogP contribution in [0, 0.1) is 0 Å². The lowest BCUT2D eigenvalue weighted by atomic mass is 10.0. The molecule has 3 aliphatic heterocycles. The number of nitrogens with one attached hydrogen (secondary N) is 2. The van der Waals surface area contributed by atoms with E-state index in [1.165, 1.54) is 6.20 Å². The predicted octanol–water partition coefficient (Wildman–Crippen LogP) is 1.83. The molecule has 0 bridgehead atoms. The number of rotatable bonds is 6. The van der Waals surface area contributed by atoms with Gasteiger partial charge in [-0.15, -0.1) is 0 Å². The summed E-state index contributed by atoms with van der Waals surface area (Å²) in [6.07, 6.45) is 1.40. The molecule has 3 aliphatic rings. The molecule has 0 saturated carbocycles. The van der Waals surface area contributed by atoms with Crippen LogP contribution in [0.3, 0.4) is 0 Å². The van der Waals surface area contributed by atoms with Gasteiger partial charge in [-0.2, -0.15) is 0 Å². The summed E-state index contributed by atoms with van der Waals surface area (Å²) < 4.78 is 12.7. The van der Waals surface area contributed by atoms with Crippen LogP contribution in [0.1, 0.15) is 17.9 Å². The van der Waals surface area contributed by atoms with Crippen LogP contribution in [0.5, 0.6) is 5.75 Å². The van der Waals surface area contributed by atoms with Gasteiger partial charge in [0, 0.05) is 24.7 Å². The fourth-order valence-electron chi connectivity index (χ4n) is 4.92. The number of nitrogens with zero attached hydrogens (tertiary/aromatic N) is 3. The number of fused-ring (bicyclic) bond motifs is 1. The lowest BCUT2D eigenvalue weighted by Crippen LogP contribution is -2.29. The number of carbonyl (C=O) groups is 2. The van der Waals surface area contributed by atoms with Crippen molar-refractivity contribution in [2.45, 2.75) is 25.0 Å². The Labute approximate surface area is 194 Å². The van der Waals surface area contributed by atoms with Crippen molar-refractivity contribution < 1.29 is 19.1 Å². The topological polar surface area (TPSA) is 115 Å². The van der Waals surface area contributed by atoms with Crippen molar-refractivity contribution >= 4 is 34.4 Å². The fourth-order valence-corrected chi connectivity index (χ4v) is 4.92. The molecule has 10 nitrogen and oxygen atoms in total. The summed E-state index contributed by atoms with van der Waals surface area (Å²) in [7, 11) is 0. The van der Waals surface area contributed by atoms with Crippen molar-refractivity contribution in [3.63, 3.8) is 0 Å². The first-order valence-corrected chi connectivity index (χ1v) is 11.3. The van der Waals surface area contributed by atoms with E-state index >= 15 is 0 Å². The Morgan fingerprint density at radius 1 is 1.15 bits per heavy atom. The van der Waals surface area contributed by atoms with Crippen LogP contribution in [-0.4, -0.2) is 53.9 Å². The number of para-hydroxylation sites is 1. The van der Waals surface area contributed by atoms with E-state index in [-0.39, 0.29) is 30.1 Å². The molecule has 2 atom stereocenters. The van der Waals surface area contributed by atoms with E-state index in [4.69, 9.17) is 9.47 Å². The molecule has 2 N–H and O–H groups in total. The van der Waals surface area contributed by atoms with Crippen LogP contribution in [0.25, 0.3) is 11.0 Å². The first-order chi connectivity index (χ1) is 16.6. The second-order valence-corrected chi connectivity index (χ2v) is 8.75. The van der Waals surface area contributed by atoms with Crippen LogP contribution in [0.15, 0.2) is 47.4 Å². The van der Waals surface area contributed by atoms with Crippen molar-refractivity contribution in [1.29, 1.82) is 0 Å². The van der Waals surface area contributed by atoms with E-state index in [9.17, 15) is 14.4 Å². The van der Waals surface area contributed by atoms with Crippen molar-refractivity contribution in [2.75, 3.05) is 36.5 Å². The lowest BCUT2D eigenvalue weighted by Gasteiger charge is -2.20. The van der Waals surface area contributed by atoms with Gasteiger partial charge in [-0.25, -0.2) is 9.78 Å². The highest BCUT2D eigenvalue weighted by Crippen LogP contribution is 2.34. The Kier molecular flexibility index (Phi) is 4.95. The smallest absolute Gasteiger partial charge is 0.414 e. The summed E-state index contributed by atoms with van der Waals surface area (Å²) in [4.78, 5) is 42.1. The number of hydrogen-bond acceptors (Lipinski definition) is 7. The molecule has 4 heterocycles. The summed E-state index contributed by atoms with van der Waals surface area (Å²) in [6.45, 7) is 2.45. The van der Waals surface area contributed by atoms with Gasteiger partial charge >= 0.3 is 6.09 Å². The van der Waals surface area contributed by atoms with Gasteiger partial charge in [0.05, 0.1) is 29.5 Å². The number of anilines is 2. The molecular weight excluding hydrogens is 438 g/mol. The van der Waals surface area contributed by atoms with Crippen molar-refractivity contribution in [3.8, 4) is 5.75 Å². The molecule has 1 fully saturated rings. The maximum absolute atomic E-state index is 12.4. The largest absolute Gasteiger partial charge is 0.482 e. The summed E-state index contributed by atoms with van der Waals surface area (Å²) >= 11 is 0. The third-order valence-electron chi connectivity index (χ3n) is 6.55. The van der Waals surface area contributed by atoms with E-state index in [1.807, 2.05) is 12.1 Å². The summed E-state index contributed by atoms with van der Waals surface area (Å²) in [5.74, 6) is 0.552. The maximum atomic E-state index is 12.4. The number of ether oxygens (including phenoxy) is 2. The SMILES string of the molecule is O=C1COc2ccc(N3C[C@H](CCNC[C@@H]4Cn5c(=O)cnc6cccc4c65)OC3=O)cc2N1. The molecule has 0 unspecified atom stereocenters. The van der Waals surface area contributed by atoms with E-state index in [0.717, 1.165) is 23.1 Å². The molecule has 1 saturated heterocycles.